The number of hydrogen-bond acceptors (Lipinski definition) is 3. The van der Waals surface area contributed by atoms with Crippen LogP contribution >= 0.6 is 0 Å². The molecule has 21 heavy (non-hydrogen) atoms. The van der Waals surface area contributed by atoms with Crippen LogP contribution in [0.4, 0.5) is 14.5 Å². The Morgan fingerprint density at radius 3 is 2.52 bits per heavy atom. The van der Waals surface area contributed by atoms with Crippen LogP contribution in [0.1, 0.15) is 12.8 Å². The lowest BCUT2D eigenvalue weighted by Gasteiger charge is -2.30. The first-order valence-corrected chi connectivity index (χ1v) is 8.97. The molecule has 2 aliphatic heterocycles. The molecule has 0 spiro atoms. The number of nitrogens with one attached hydrogen (secondary N) is 1. The van der Waals surface area contributed by atoms with Gasteiger partial charge in [0.1, 0.15) is 5.82 Å². The number of anilines is 1. The minimum absolute atomic E-state index is 0.0714. The summed E-state index contributed by atoms with van der Waals surface area (Å²) in [5.74, 6) is -0.911. The van der Waals surface area contributed by atoms with E-state index in [1.54, 1.807) is 0 Å². The zero-order valence-electron chi connectivity index (χ0n) is 12.0. The maximum atomic E-state index is 14.0. The van der Waals surface area contributed by atoms with Crippen molar-refractivity contribution in [3.63, 3.8) is 0 Å². The smallest absolute Gasteiger partial charge is 0.168 e. The summed E-state index contributed by atoms with van der Waals surface area (Å²) in [6.07, 6.45) is 2.01. The standard InChI is InChI=1S/C15H20F2N2OSi/c16-12-9-13(17)15(20-11-1-7-21-8-2-11)10-14(12)19-5-3-18-4-6-19/h9-11,18H,1-8H2. The highest BCUT2D eigenvalue weighted by Gasteiger charge is 2.21. The van der Waals surface area contributed by atoms with Gasteiger partial charge in [0.15, 0.2) is 11.6 Å². The molecule has 2 radical (unpaired) electrons. The van der Waals surface area contributed by atoms with Crippen molar-refractivity contribution in [1.29, 1.82) is 0 Å². The third-order valence-electron chi connectivity index (χ3n) is 4.04. The van der Waals surface area contributed by atoms with Gasteiger partial charge < -0.3 is 15.0 Å². The first-order chi connectivity index (χ1) is 10.2. The molecular formula is C15H20F2N2OSi. The Labute approximate surface area is 126 Å². The Kier molecular flexibility index (Phi) is 4.75. The first-order valence-electron chi connectivity index (χ1n) is 7.56. The van der Waals surface area contributed by atoms with Gasteiger partial charge in [0.2, 0.25) is 0 Å². The van der Waals surface area contributed by atoms with Crippen LogP contribution in [0.5, 0.6) is 5.75 Å². The van der Waals surface area contributed by atoms with Gasteiger partial charge in [0, 0.05) is 47.8 Å². The van der Waals surface area contributed by atoms with Crippen molar-refractivity contribution < 1.29 is 13.5 Å². The largest absolute Gasteiger partial charge is 0.487 e. The van der Waals surface area contributed by atoms with E-state index in [-0.39, 0.29) is 11.9 Å². The molecule has 2 heterocycles. The van der Waals surface area contributed by atoms with E-state index in [0.29, 0.717) is 5.69 Å². The van der Waals surface area contributed by atoms with Gasteiger partial charge in [0.25, 0.3) is 0 Å². The molecule has 2 aliphatic rings. The number of hydrogen-bond donors (Lipinski definition) is 1. The van der Waals surface area contributed by atoms with Crippen LogP contribution in [0.3, 0.4) is 0 Å². The van der Waals surface area contributed by atoms with Crippen LogP contribution in [0.2, 0.25) is 12.1 Å². The van der Waals surface area contributed by atoms with Crippen LogP contribution in [-0.4, -0.2) is 41.8 Å². The van der Waals surface area contributed by atoms with Gasteiger partial charge in [-0.3, -0.25) is 0 Å². The summed E-state index contributed by atoms with van der Waals surface area (Å²) >= 11 is 0. The monoisotopic (exact) mass is 310 g/mol. The molecule has 3 rings (SSSR count). The van der Waals surface area contributed by atoms with E-state index >= 15 is 0 Å². The van der Waals surface area contributed by atoms with E-state index in [2.05, 4.69) is 5.32 Å². The van der Waals surface area contributed by atoms with Gasteiger partial charge in [-0.2, -0.15) is 0 Å². The quantitative estimate of drug-likeness (QED) is 0.868. The fourth-order valence-electron chi connectivity index (χ4n) is 2.85. The van der Waals surface area contributed by atoms with Crippen LogP contribution in [0.25, 0.3) is 0 Å². The van der Waals surface area contributed by atoms with E-state index < -0.39 is 11.6 Å². The molecule has 0 saturated carbocycles. The van der Waals surface area contributed by atoms with E-state index in [4.69, 9.17) is 4.74 Å². The number of halogens is 2. The van der Waals surface area contributed by atoms with Gasteiger partial charge in [-0.05, 0) is 12.8 Å². The lowest BCUT2D eigenvalue weighted by molar-refractivity contribution is 0.180. The third-order valence-corrected chi connectivity index (χ3v) is 5.32. The highest BCUT2D eigenvalue weighted by molar-refractivity contribution is 6.35. The zero-order valence-corrected chi connectivity index (χ0v) is 13.0. The molecule has 6 heteroatoms. The molecule has 0 unspecified atom stereocenters. The minimum atomic E-state index is -0.598. The summed E-state index contributed by atoms with van der Waals surface area (Å²) in [4.78, 5) is 1.94. The molecule has 0 bridgehead atoms. The summed E-state index contributed by atoms with van der Waals surface area (Å²) in [7, 11) is 0.996. The Morgan fingerprint density at radius 1 is 1.10 bits per heavy atom. The molecule has 0 atom stereocenters. The van der Waals surface area contributed by atoms with Gasteiger partial charge >= 0.3 is 0 Å². The summed E-state index contributed by atoms with van der Waals surface area (Å²) < 4.78 is 33.8. The zero-order chi connectivity index (χ0) is 14.7. The fourth-order valence-corrected chi connectivity index (χ4v) is 4.15. The maximum Gasteiger partial charge on any atom is 0.168 e. The topological polar surface area (TPSA) is 24.5 Å². The SMILES string of the molecule is Fc1cc(F)c(N2CCNCC2)cc1OC1CC[Si]CC1. The molecule has 2 saturated heterocycles. The maximum absolute atomic E-state index is 14.0. The molecule has 0 aliphatic carbocycles. The lowest BCUT2D eigenvalue weighted by atomic mass is 10.2. The van der Waals surface area contributed by atoms with Crippen LogP contribution in [0.15, 0.2) is 12.1 Å². The molecule has 0 aromatic heterocycles. The highest BCUT2D eigenvalue weighted by Crippen LogP contribution is 2.30. The summed E-state index contributed by atoms with van der Waals surface area (Å²) in [5, 5.41) is 3.23. The van der Waals surface area contributed by atoms with E-state index in [1.807, 2.05) is 4.90 Å². The number of piperazine rings is 1. The molecule has 3 nitrogen and oxygen atoms in total. The highest BCUT2D eigenvalue weighted by atomic mass is 28.2. The van der Waals surface area contributed by atoms with E-state index in [9.17, 15) is 8.78 Å². The Balaban J connectivity index is 1.79. The number of benzene rings is 1. The van der Waals surface area contributed by atoms with Crippen LogP contribution in [-0.2, 0) is 0 Å². The molecule has 0 amide bonds. The third kappa shape index (κ3) is 3.55. The number of rotatable bonds is 3. The van der Waals surface area contributed by atoms with Crippen molar-refractivity contribution in [2.75, 3.05) is 31.1 Å². The number of nitrogens with zero attached hydrogens (tertiary/aromatic N) is 1. The summed E-state index contributed by atoms with van der Waals surface area (Å²) in [5.41, 5.74) is 0.450. The normalized spacial score (nSPS) is 20.6. The fraction of sp³-hybridized carbons (Fsp3) is 0.600. The van der Waals surface area contributed by atoms with Crippen molar-refractivity contribution in [3.05, 3.63) is 23.8 Å². The molecular weight excluding hydrogens is 290 g/mol. The molecule has 1 aromatic rings. The number of ether oxygens (including phenoxy) is 1. The van der Waals surface area contributed by atoms with E-state index in [0.717, 1.165) is 66.7 Å². The van der Waals surface area contributed by atoms with Crippen molar-refractivity contribution >= 4 is 15.2 Å². The predicted molar refractivity (Wildman–Crippen MR) is 80.5 cm³/mol. The molecule has 2 fully saturated rings. The van der Waals surface area contributed by atoms with Gasteiger partial charge in [-0.1, -0.05) is 12.1 Å². The predicted octanol–water partition coefficient (Wildman–Crippen LogP) is 2.46. The average molecular weight is 310 g/mol. The minimum Gasteiger partial charge on any atom is -0.487 e. The van der Waals surface area contributed by atoms with Gasteiger partial charge in [0.05, 0.1) is 11.8 Å². The lowest BCUT2D eigenvalue weighted by Crippen LogP contribution is -2.43. The Morgan fingerprint density at radius 2 is 1.81 bits per heavy atom. The van der Waals surface area contributed by atoms with Gasteiger partial charge in [-0.25, -0.2) is 8.78 Å². The van der Waals surface area contributed by atoms with Crippen LogP contribution in [0, 0.1) is 11.6 Å². The Bertz CT molecular complexity index is 489. The molecule has 1 N–H and O–H groups in total. The van der Waals surface area contributed by atoms with E-state index in [1.165, 1.54) is 6.07 Å². The van der Waals surface area contributed by atoms with Crippen molar-refractivity contribution in [2.24, 2.45) is 0 Å². The summed E-state index contributed by atoms with van der Waals surface area (Å²) in [6, 6.07) is 4.79. The second-order valence-electron chi connectivity index (χ2n) is 5.54. The van der Waals surface area contributed by atoms with Crippen LogP contribution < -0.4 is 15.0 Å². The second-order valence-corrected chi connectivity index (χ2v) is 7.04. The van der Waals surface area contributed by atoms with Crippen molar-refractivity contribution in [1.82, 2.24) is 5.32 Å². The molecule has 1 aromatic carbocycles. The van der Waals surface area contributed by atoms with Crippen molar-refractivity contribution in [3.8, 4) is 5.75 Å². The Hall–Kier alpha value is -1.14. The van der Waals surface area contributed by atoms with Crippen molar-refractivity contribution in [2.45, 2.75) is 31.0 Å². The second kappa shape index (κ2) is 6.75. The van der Waals surface area contributed by atoms with Gasteiger partial charge in [-0.15, -0.1) is 0 Å². The molecule has 114 valence electrons. The summed E-state index contributed by atoms with van der Waals surface area (Å²) in [6.45, 7) is 3.09. The average Bonchev–Trinajstić information content (AvgIpc) is 2.52. The first kappa shape index (κ1) is 14.8.